The van der Waals surface area contributed by atoms with Gasteiger partial charge in [0.05, 0.1) is 31.4 Å². The topological polar surface area (TPSA) is 363 Å². The van der Waals surface area contributed by atoms with Gasteiger partial charge in [-0.15, -0.1) is 0 Å². The van der Waals surface area contributed by atoms with Gasteiger partial charge in [0.1, 0.15) is 28.7 Å². The second-order valence-corrected chi connectivity index (χ2v) is 24.7. The Labute approximate surface area is 549 Å². The molecule has 5 aromatic carbocycles. The summed E-state index contributed by atoms with van der Waals surface area (Å²) in [5.74, 6) is 4.38. The maximum absolute atomic E-state index is 12.9. The van der Waals surface area contributed by atoms with Gasteiger partial charge >= 0.3 is 12.1 Å². The number of nitrogen functional groups attached to an aromatic ring is 2. The van der Waals surface area contributed by atoms with Gasteiger partial charge in [-0.25, -0.2) is 9.59 Å². The van der Waals surface area contributed by atoms with Crippen LogP contribution in [0.25, 0.3) is 0 Å². The number of benzene rings is 5. The number of nitro groups is 1. The van der Waals surface area contributed by atoms with Crippen LogP contribution >= 0.6 is 0 Å². The van der Waals surface area contributed by atoms with E-state index in [1.807, 2.05) is 13.8 Å². The summed E-state index contributed by atoms with van der Waals surface area (Å²) < 4.78 is 32.5. The lowest BCUT2D eigenvalue weighted by molar-refractivity contribution is -0.384. The van der Waals surface area contributed by atoms with Crippen molar-refractivity contribution < 1.29 is 38.2 Å². The number of hydrogen-bond donors (Lipinski definition) is 10. The van der Waals surface area contributed by atoms with Gasteiger partial charge in [-0.3, -0.25) is 10.1 Å². The van der Waals surface area contributed by atoms with Crippen LogP contribution in [-0.2, 0) is 25.7 Å². The molecule has 0 aliphatic heterocycles. The van der Waals surface area contributed by atoms with E-state index in [-0.39, 0.29) is 52.6 Å². The van der Waals surface area contributed by atoms with Crippen LogP contribution in [0.15, 0.2) is 84.9 Å². The number of nitrogens with one attached hydrogen (secondary N) is 7. The average Bonchev–Trinajstić information content (AvgIpc) is 0.802. The summed E-state index contributed by atoms with van der Waals surface area (Å²) >= 11 is 0. The van der Waals surface area contributed by atoms with Crippen molar-refractivity contribution in [1.29, 1.82) is 0 Å². The highest BCUT2D eigenvalue weighted by Crippen LogP contribution is 2.42. The van der Waals surface area contributed by atoms with Crippen molar-refractivity contribution in [2.45, 2.75) is 120 Å². The molecule has 0 saturated carbocycles. The zero-order valence-electron chi connectivity index (χ0n) is 55.3. The molecular weight excluding hydrogens is 1200 g/mol. The van der Waals surface area contributed by atoms with Gasteiger partial charge in [-0.2, -0.15) is 29.9 Å². The number of carbonyl (C=O) groups excluding carboxylic acids is 2. The Kier molecular flexibility index (Phi) is 24.9. The maximum Gasteiger partial charge on any atom is 0.412 e. The molecule has 0 fully saturated rings. The lowest BCUT2D eigenvalue weighted by Crippen LogP contribution is -2.43. The summed E-state index contributed by atoms with van der Waals surface area (Å²) in [6.45, 7) is 20.8. The molecule has 26 nitrogen and oxygen atoms in total. The molecule has 1 aliphatic carbocycles. The Morgan fingerprint density at radius 3 is 1.29 bits per heavy atom. The van der Waals surface area contributed by atoms with Crippen LogP contribution in [0.2, 0.25) is 0 Å². The number of anilines is 8. The lowest BCUT2D eigenvalue weighted by atomic mass is 9.90. The fraction of sp³-hybridized carbons (Fsp3) is 0.441. The minimum Gasteiger partial charge on any atom is -0.493 e. The normalized spacial score (nSPS) is 12.0. The van der Waals surface area contributed by atoms with E-state index in [0.29, 0.717) is 116 Å². The number of aromatic nitrogens is 6. The predicted octanol–water partition coefficient (Wildman–Crippen LogP) is 11.2. The van der Waals surface area contributed by atoms with E-state index in [4.69, 9.17) is 50.9 Å². The Balaban J connectivity index is 1.06. The Morgan fingerprint density at radius 2 is 0.894 bits per heavy atom. The number of hydrogen-bond acceptors (Lipinski definition) is 22. The summed E-state index contributed by atoms with van der Waals surface area (Å²) in [4.78, 5) is 62.8. The maximum atomic E-state index is 12.9. The van der Waals surface area contributed by atoms with Crippen molar-refractivity contribution in [3.05, 3.63) is 140 Å². The van der Waals surface area contributed by atoms with Crippen LogP contribution in [-0.4, -0.2) is 113 Å². The summed E-state index contributed by atoms with van der Waals surface area (Å²) in [6.07, 6.45) is 5.36. The van der Waals surface area contributed by atoms with Gasteiger partial charge in [0, 0.05) is 104 Å². The standard InChI is InChI=1S/C68H91N17O9/c1-9-27-90-55-43-17-15-19-45(55)33-49-37-52(78-64-82-60(71)80-62(84-64)75-41-68(7,8)42-76-65(86)72-25-13-14-26-73-66(87)94-54-23-21-53(22-24-54)85(88)89)38-50(58(49)93-30-12-4)34-46-20-16-18-44(56(46)91-28-10-2)32-48-36-51(35-47(31-43)57(48)92-29-11-3)77-63-81-59(70)79-61(83-63)74-40-67(5,6)39-69/h15-24,35-38H,9-14,25-34,39-42,69H2,1-8H3,(H,73,87)(H2,72,76,86)(H4,70,74,77,79,81,83)(H4,71,75,78,80,82,84). The molecule has 0 spiro atoms. The van der Waals surface area contributed by atoms with Crippen LogP contribution in [0.5, 0.6) is 28.7 Å². The average molecular weight is 1290 g/mol. The molecule has 7 aromatic rings. The molecule has 13 N–H and O–H groups in total. The predicted molar refractivity (Wildman–Crippen MR) is 367 cm³/mol. The smallest absolute Gasteiger partial charge is 0.412 e. The molecule has 1 aliphatic rings. The third-order valence-electron chi connectivity index (χ3n) is 15.1. The summed E-state index contributed by atoms with van der Waals surface area (Å²) in [7, 11) is 0. The molecule has 502 valence electrons. The molecule has 26 heteroatoms. The molecule has 8 rings (SSSR count). The highest BCUT2D eigenvalue weighted by atomic mass is 16.6. The lowest BCUT2D eigenvalue weighted by Gasteiger charge is -2.25. The van der Waals surface area contributed by atoms with E-state index in [0.717, 1.165) is 98.9 Å². The fourth-order valence-corrected chi connectivity index (χ4v) is 10.3. The number of unbranched alkanes of at least 4 members (excludes halogenated alkanes) is 1. The van der Waals surface area contributed by atoms with E-state index in [9.17, 15) is 19.7 Å². The molecule has 3 amide bonds. The zero-order chi connectivity index (χ0) is 67.2. The molecule has 2 heterocycles. The number of rotatable bonds is 32. The van der Waals surface area contributed by atoms with Gasteiger partial charge in [-0.1, -0.05) is 91.8 Å². The van der Waals surface area contributed by atoms with E-state index in [1.54, 1.807) is 0 Å². The van der Waals surface area contributed by atoms with Crippen molar-refractivity contribution in [1.82, 2.24) is 45.9 Å². The molecule has 2 aromatic heterocycles. The van der Waals surface area contributed by atoms with E-state index >= 15 is 0 Å². The number of fused-ring (bicyclic) bond motifs is 8. The molecule has 94 heavy (non-hydrogen) atoms. The van der Waals surface area contributed by atoms with Gasteiger partial charge < -0.3 is 78.1 Å². The SMILES string of the molecule is CCCOc1c2cccc1Cc1cc(Nc3nc(N)nc(NCC(C)(C)CNC(=O)NCCCCNC(=O)Oc4ccc([N+](=O)[O-])cc4)n3)cc(c1OCCC)Cc1cccc(c1OCCC)Cc1cc(Nc3nc(N)nc(NCC(C)(C)CN)n3)cc(c1OCCC)C2. The number of non-ortho nitro benzene ring substituents is 1. The van der Waals surface area contributed by atoms with Gasteiger partial charge in [0.2, 0.25) is 35.7 Å². The van der Waals surface area contributed by atoms with Gasteiger partial charge in [-0.05, 0) is 115 Å². The molecule has 0 radical (unpaired) electrons. The number of nitro benzene ring substituents is 1. The minimum absolute atomic E-state index is 0.00295. The molecule has 8 bridgehead atoms. The third kappa shape index (κ3) is 20.5. The highest BCUT2D eigenvalue weighted by molar-refractivity contribution is 5.74. The van der Waals surface area contributed by atoms with E-state index in [1.165, 1.54) is 24.3 Å². The van der Waals surface area contributed by atoms with Crippen molar-refractivity contribution in [2.75, 3.05) is 98.4 Å². The van der Waals surface area contributed by atoms with Crippen molar-refractivity contribution in [2.24, 2.45) is 16.6 Å². The van der Waals surface area contributed by atoms with Crippen LogP contribution in [0.1, 0.15) is 138 Å². The Bertz CT molecular complexity index is 3600. The summed E-state index contributed by atoms with van der Waals surface area (Å²) in [6, 6.07) is 25.8. The highest BCUT2D eigenvalue weighted by Gasteiger charge is 2.26. The van der Waals surface area contributed by atoms with E-state index < -0.39 is 16.4 Å². The first kappa shape index (κ1) is 69.9. The van der Waals surface area contributed by atoms with Gasteiger partial charge in [0.15, 0.2) is 0 Å². The number of nitrogens with two attached hydrogens (primary N) is 3. The first-order chi connectivity index (χ1) is 45.2. The Morgan fingerprint density at radius 1 is 0.511 bits per heavy atom. The van der Waals surface area contributed by atoms with Crippen LogP contribution < -0.4 is 78.1 Å². The largest absolute Gasteiger partial charge is 0.493 e. The number of para-hydroxylation sites is 2. The van der Waals surface area contributed by atoms with Crippen LogP contribution in [0.3, 0.4) is 0 Å². The Hall–Kier alpha value is -9.98. The molecule has 0 atom stereocenters. The second-order valence-electron chi connectivity index (χ2n) is 24.7. The number of ether oxygens (including phenoxy) is 5. The molecule has 0 unspecified atom stereocenters. The van der Waals surface area contributed by atoms with Crippen molar-refractivity contribution in [3.63, 3.8) is 0 Å². The van der Waals surface area contributed by atoms with Gasteiger partial charge in [0.25, 0.3) is 5.69 Å². The first-order valence-electron chi connectivity index (χ1n) is 32.3. The zero-order valence-corrected chi connectivity index (χ0v) is 55.3. The molecular formula is C68H91N17O9. The third-order valence-corrected chi connectivity index (χ3v) is 15.1. The second kappa shape index (κ2) is 33.6. The van der Waals surface area contributed by atoms with Crippen molar-refractivity contribution >= 4 is 64.9 Å². The number of nitrogens with zero attached hydrogens (tertiary/aromatic N) is 7. The first-order valence-corrected chi connectivity index (χ1v) is 32.3. The number of amides is 3. The summed E-state index contributed by atoms with van der Waals surface area (Å²) in [5, 5.41) is 32.9. The van der Waals surface area contributed by atoms with Crippen LogP contribution in [0.4, 0.5) is 62.3 Å². The quantitative estimate of drug-likeness (QED) is 0.0106. The van der Waals surface area contributed by atoms with Crippen molar-refractivity contribution in [3.8, 4) is 28.7 Å². The van der Waals surface area contributed by atoms with E-state index in [2.05, 4.69) is 159 Å². The monoisotopic (exact) mass is 1290 g/mol. The number of carbonyl (C=O) groups is 2. The van der Waals surface area contributed by atoms with Crippen LogP contribution in [0, 0.1) is 20.9 Å². The minimum atomic E-state index is -0.685. The fourth-order valence-electron chi connectivity index (χ4n) is 10.3. The summed E-state index contributed by atoms with van der Waals surface area (Å²) in [5.41, 5.74) is 26.9. The number of urea groups is 1. The molecule has 0 saturated heterocycles.